The van der Waals surface area contributed by atoms with Crippen LogP contribution in [0.5, 0.6) is 11.5 Å². The van der Waals surface area contributed by atoms with E-state index < -0.39 is 102 Å². The average molecular weight is 544 g/mol. The lowest BCUT2D eigenvalue weighted by Gasteiger charge is -2.42. The van der Waals surface area contributed by atoms with Gasteiger partial charge in [0.15, 0.2) is 23.6 Å². The molecule has 8 N–H and O–H groups in total. The molecule has 1 heterocycles. The van der Waals surface area contributed by atoms with Crippen LogP contribution in [-0.4, -0.2) is 84.7 Å². The number of carbonyl (C=O) groups is 3. The SMILES string of the molecule is CC1O[C@@H](O[C@H]2C[C@](O)(C(=O)CO)Cc3c(O)c4c(c(O)c32)C(=O)c2c(CO)cccc2C4=O)CC(N)[C@@H]1O. The van der Waals surface area contributed by atoms with Crippen molar-refractivity contribution < 1.29 is 54.5 Å². The van der Waals surface area contributed by atoms with Gasteiger partial charge in [0.25, 0.3) is 0 Å². The quantitative estimate of drug-likeness (QED) is 0.202. The van der Waals surface area contributed by atoms with Crippen molar-refractivity contribution in [3.63, 3.8) is 0 Å². The monoisotopic (exact) mass is 543 g/mol. The molecule has 0 spiro atoms. The van der Waals surface area contributed by atoms with E-state index in [-0.39, 0.29) is 34.2 Å². The Morgan fingerprint density at radius 2 is 1.82 bits per heavy atom. The summed E-state index contributed by atoms with van der Waals surface area (Å²) in [6, 6.07) is 3.53. The van der Waals surface area contributed by atoms with Gasteiger partial charge < -0.3 is 45.8 Å². The average Bonchev–Trinajstić information content (AvgIpc) is 2.90. The van der Waals surface area contributed by atoms with Crippen LogP contribution in [0.1, 0.15) is 74.4 Å². The topological polar surface area (TPSA) is 217 Å². The van der Waals surface area contributed by atoms with E-state index in [1.165, 1.54) is 18.2 Å². The minimum Gasteiger partial charge on any atom is -0.507 e. The zero-order chi connectivity index (χ0) is 28.4. The molecule has 0 aromatic heterocycles. The summed E-state index contributed by atoms with van der Waals surface area (Å²) >= 11 is 0. The maximum absolute atomic E-state index is 13.6. The fourth-order valence-electron chi connectivity index (χ4n) is 5.81. The number of aliphatic hydroxyl groups excluding tert-OH is 3. The molecule has 1 saturated heterocycles. The summed E-state index contributed by atoms with van der Waals surface area (Å²) in [5.74, 6) is -4.00. The van der Waals surface area contributed by atoms with Crippen LogP contribution in [0.3, 0.4) is 0 Å². The first-order chi connectivity index (χ1) is 18.4. The number of ketones is 3. The first kappa shape index (κ1) is 27.3. The van der Waals surface area contributed by atoms with Gasteiger partial charge in [-0.1, -0.05) is 18.2 Å². The Kier molecular flexibility index (Phi) is 6.84. The second-order valence-corrected chi connectivity index (χ2v) is 10.3. The van der Waals surface area contributed by atoms with Crippen molar-refractivity contribution in [2.75, 3.05) is 6.61 Å². The van der Waals surface area contributed by atoms with Gasteiger partial charge in [0.1, 0.15) is 23.7 Å². The number of ether oxygens (including phenoxy) is 2. The molecular weight excluding hydrogens is 514 g/mol. The van der Waals surface area contributed by atoms with Crippen molar-refractivity contribution in [2.24, 2.45) is 5.73 Å². The molecule has 2 aliphatic carbocycles. The van der Waals surface area contributed by atoms with Crippen LogP contribution in [0.15, 0.2) is 18.2 Å². The zero-order valence-corrected chi connectivity index (χ0v) is 21.0. The number of aromatic hydroxyl groups is 2. The lowest BCUT2D eigenvalue weighted by Crippen LogP contribution is -2.53. The van der Waals surface area contributed by atoms with Crippen molar-refractivity contribution in [2.45, 2.75) is 69.0 Å². The fraction of sp³-hybridized carbons (Fsp3) is 0.444. The molecule has 0 radical (unpaired) electrons. The minimum absolute atomic E-state index is 0.00600. The summed E-state index contributed by atoms with van der Waals surface area (Å²) in [6.45, 7) is -0.0137. The molecule has 2 unspecified atom stereocenters. The molecule has 2 aromatic carbocycles. The normalized spacial score (nSPS) is 29.9. The van der Waals surface area contributed by atoms with Gasteiger partial charge in [-0.15, -0.1) is 0 Å². The highest BCUT2D eigenvalue weighted by atomic mass is 16.7. The fourth-order valence-corrected chi connectivity index (χ4v) is 5.81. The Morgan fingerprint density at radius 3 is 2.46 bits per heavy atom. The van der Waals surface area contributed by atoms with Gasteiger partial charge in [-0.2, -0.15) is 0 Å². The van der Waals surface area contributed by atoms with E-state index in [1.807, 2.05) is 0 Å². The van der Waals surface area contributed by atoms with E-state index in [2.05, 4.69) is 0 Å². The van der Waals surface area contributed by atoms with Gasteiger partial charge in [0, 0.05) is 47.6 Å². The Hall–Kier alpha value is -3.23. The molecule has 5 rings (SSSR count). The molecular formula is C27H29NO11. The number of Topliss-reactive ketones (excluding diaryl/α,β-unsaturated/α-hetero) is 1. The minimum atomic E-state index is -2.25. The zero-order valence-electron chi connectivity index (χ0n) is 21.0. The first-order valence-electron chi connectivity index (χ1n) is 12.5. The van der Waals surface area contributed by atoms with E-state index in [0.29, 0.717) is 0 Å². The number of phenols is 2. The predicted octanol–water partition coefficient (Wildman–Crippen LogP) is -0.515. The first-order valence-corrected chi connectivity index (χ1v) is 12.5. The predicted molar refractivity (Wildman–Crippen MR) is 131 cm³/mol. The summed E-state index contributed by atoms with van der Waals surface area (Å²) in [4.78, 5) is 39.7. The largest absolute Gasteiger partial charge is 0.507 e. The van der Waals surface area contributed by atoms with E-state index in [1.54, 1.807) is 6.92 Å². The van der Waals surface area contributed by atoms with Crippen molar-refractivity contribution in [1.29, 1.82) is 0 Å². The number of hydrogen-bond donors (Lipinski definition) is 7. The lowest BCUT2D eigenvalue weighted by atomic mass is 9.71. The number of hydrogen-bond acceptors (Lipinski definition) is 12. The molecule has 12 heteroatoms. The third-order valence-electron chi connectivity index (χ3n) is 7.88. The van der Waals surface area contributed by atoms with Crippen LogP contribution in [0.2, 0.25) is 0 Å². The number of carbonyl (C=O) groups excluding carboxylic acids is 3. The molecule has 12 nitrogen and oxygen atoms in total. The van der Waals surface area contributed by atoms with E-state index in [9.17, 15) is 45.0 Å². The second kappa shape index (κ2) is 9.75. The highest BCUT2D eigenvalue weighted by Gasteiger charge is 2.50. The summed E-state index contributed by atoms with van der Waals surface area (Å²) in [5.41, 5.74) is 2.35. The molecule has 208 valence electrons. The summed E-state index contributed by atoms with van der Waals surface area (Å²) < 4.78 is 11.7. The maximum Gasteiger partial charge on any atom is 0.198 e. The number of aliphatic hydroxyl groups is 4. The Labute approximate surface area is 222 Å². The molecule has 39 heavy (non-hydrogen) atoms. The van der Waals surface area contributed by atoms with Gasteiger partial charge in [-0.05, 0) is 12.5 Å². The molecule has 2 aromatic rings. The van der Waals surface area contributed by atoms with Gasteiger partial charge >= 0.3 is 0 Å². The summed E-state index contributed by atoms with van der Waals surface area (Å²) in [7, 11) is 0. The molecule has 0 bridgehead atoms. The van der Waals surface area contributed by atoms with Crippen molar-refractivity contribution in [1.82, 2.24) is 0 Å². The van der Waals surface area contributed by atoms with Crippen LogP contribution in [0.25, 0.3) is 0 Å². The number of fused-ring (bicyclic) bond motifs is 3. The molecule has 0 amide bonds. The third-order valence-corrected chi connectivity index (χ3v) is 7.88. The van der Waals surface area contributed by atoms with Crippen LogP contribution in [0.4, 0.5) is 0 Å². The van der Waals surface area contributed by atoms with E-state index in [4.69, 9.17) is 15.2 Å². The summed E-state index contributed by atoms with van der Waals surface area (Å²) in [6.07, 6.45) is -5.21. The lowest BCUT2D eigenvalue weighted by molar-refractivity contribution is -0.247. The number of nitrogens with two attached hydrogens (primary N) is 1. The summed E-state index contributed by atoms with van der Waals surface area (Å²) in [5, 5.41) is 63.4. The van der Waals surface area contributed by atoms with Crippen LogP contribution < -0.4 is 5.73 Å². The highest BCUT2D eigenvalue weighted by molar-refractivity contribution is 6.31. The number of rotatable bonds is 5. The Bertz CT molecular complexity index is 1380. The van der Waals surface area contributed by atoms with Crippen LogP contribution in [-0.2, 0) is 27.3 Å². The standard InChI is InChI=1S/C27H29NO11/c1-10-22(32)14(28)5-17(38-10)39-15-7-27(37,16(31)9-30)6-13-19(15)26(36)21-20(24(13)34)23(33)12-4-2-3-11(8-29)18(12)25(21)35/h2-4,10,14-15,17,22,29-30,32,34,36-37H,5-9,28H2,1H3/t10?,14?,15-,17-,22+,27-/m0/s1. The van der Waals surface area contributed by atoms with Gasteiger partial charge in [-0.3, -0.25) is 14.4 Å². The van der Waals surface area contributed by atoms with Gasteiger partial charge in [0.2, 0.25) is 0 Å². The Balaban J connectivity index is 1.69. The van der Waals surface area contributed by atoms with E-state index in [0.717, 1.165) is 0 Å². The molecule has 1 aliphatic heterocycles. The second-order valence-electron chi connectivity index (χ2n) is 10.3. The number of benzene rings is 2. The highest BCUT2D eigenvalue weighted by Crippen LogP contribution is 2.52. The van der Waals surface area contributed by atoms with Crippen molar-refractivity contribution in [3.05, 3.63) is 57.1 Å². The van der Waals surface area contributed by atoms with Gasteiger partial charge in [0.05, 0.1) is 36.0 Å². The molecule has 6 atom stereocenters. The maximum atomic E-state index is 13.6. The van der Waals surface area contributed by atoms with Gasteiger partial charge in [-0.25, -0.2) is 0 Å². The Morgan fingerprint density at radius 1 is 1.13 bits per heavy atom. The van der Waals surface area contributed by atoms with Crippen molar-refractivity contribution >= 4 is 17.3 Å². The van der Waals surface area contributed by atoms with Crippen LogP contribution >= 0.6 is 0 Å². The van der Waals surface area contributed by atoms with E-state index >= 15 is 0 Å². The molecule has 3 aliphatic rings. The molecule has 0 saturated carbocycles. The number of phenolic OH excluding ortho intramolecular Hbond substituents is 2. The third kappa shape index (κ3) is 4.16. The smallest absolute Gasteiger partial charge is 0.198 e. The molecule has 1 fully saturated rings. The van der Waals surface area contributed by atoms with Crippen molar-refractivity contribution in [3.8, 4) is 11.5 Å². The van der Waals surface area contributed by atoms with Crippen LogP contribution in [0, 0.1) is 0 Å².